The van der Waals surface area contributed by atoms with Gasteiger partial charge in [0.2, 0.25) is 0 Å². The van der Waals surface area contributed by atoms with E-state index in [-0.39, 0.29) is 5.82 Å². The third-order valence-electron chi connectivity index (χ3n) is 2.48. The predicted molar refractivity (Wildman–Crippen MR) is 61.0 cm³/mol. The van der Waals surface area contributed by atoms with Crippen molar-refractivity contribution in [3.05, 3.63) is 29.6 Å². The van der Waals surface area contributed by atoms with Crippen LogP contribution >= 0.6 is 11.8 Å². The number of thioether (sulfide) groups is 1. The Morgan fingerprint density at radius 2 is 2.40 bits per heavy atom. The first-order chi connectivity index (χ1) is 7.31. The Morgan fingerprint density at radius 3 is 3.00 bits per heavy atom. The van der Waals surface area contributed by atoms with Crippen molar-refractivity contribution < 1.29 is 9.13 Å². The first-order valence-corrected chi connectivity index (χ1v) is 6.02. The number of benzene rings is 1. The van der Waals surface area contributed by atoms with E-state index in [0.29, 0.717) is 11.0 Å². The second kappa shape index (κ2) is 4.86. The lowest BCUT2D eigenvalue weighted by Crippen LogP contribution is -2.28. The lowest BCUT2D eigenvalue weighted by Gasteiger charge is -2.22. The highest BCUT2D eigenvalue weighted by Gasteiger charge is 2.16. The van der Waals surface area contributed by atoms with Crippen LogP contribution in [0, 0.1) is 5.82 Å². The third-order valence-corrected chi connectivity index (χ3v) is 3.76. The van der Waals surface area contributed by atoms with Crippen LogP contribution in [0.4, 0.5) is 4.39 Å². The highest BCUT2D eigenvalue weighted by Crippen LogP contribution is 2.32. The molecule has 1 aromatic rings. The highest BCUT2D eigenvalue weighted by atomic mass is 32.2. The minimum absolute atomic E-state index is 0.277. The van der Waals surface area contributed by atoms with Crippen LogP contribution in [0.25, 0.3) is 0 Å². The molecule has 0 amide bonds. The molecule has 1 aliphatic rings. The van der Waals surface area contributed by atoms with Crippen LogP contribution in [0.2, 0.25) is 0 Å². The second-order valence-electron chi connectivity index (χ2n) is 3.46. The number of nitrogens with one attached hydrogen (secondary N) is 1. The van der Waals surface area contributed by atoms with Crippen molar-refractivity contribution >= 4 is 11.8 Å². The normalized spacial score (nSPS) is 21.3. The predicted octanol–water partition coefficient (Wildman–Crippen LogP) is 2.21. The molecule has 2 nitrogen and oxygen atoms in total. The monoisotopic (exact) mass is 227 g/mol. The zero-order valence-corrected chi connectivity index (χ0v) is 9.44. The van der Waals surface area contributed by atoms with Gasteiger partial charge in [-0.25, -0.2) is 4.39 Å². The van der Waals surface area contributed by atoms with E-state index in [2.05, 4.69) is 5.32 Å². The number of halogens is 1. The van der Waals surface area contributed by atoms with Gasteiger partial charge >= 0.3 is 0 Å². The molecule has 1 aliphatic heterocycles. The molecule has 82 valence electrons. The molecule has 0 bridgehead atoms. The molecule has 4 heteroatoms. The molecule has 0 radical (unpaired) electrons. The first-order valence-electron chi connectivity index (χ1n) is 4.97. The van der Waals surface area contributed by atoms with Crippen LogP contribution < -0.4 is 10.1 Å². The van der Waals surface area contributed by atoms with Crippen molar-refractivity contribution in [3.8, 4) is 5.75 Å². The highest BCUT2D eigenvalue weighted by molar-refractivity contribution is 7.99. The van der Waals surface area contributed by atoms with Crippen LogP contribution in [-0.2, 0) is 0 Å². The van der Waals surface area contributed by atoms with E-state index in [4.69, 9.17) is 4.74 Å². The Kier molecular flexibility index (Phi) is 3.49. The zero-order valence-electron chi connectivity index (χ0n) is 8.63. The number of methoxy groups -OCH3 is 1. The summed E-state index contributed by atoms with van der Waals surface area (Å²) < 4.78 is 18.3. The molecule has 0 spiro atoms. The maximum atomic E-state index is 13.5. The summed E-state index contributed by atoms with van der Waals surface area (Å²) in [5.41, 5.74) is 1.03. The molecule has 0 saturated carbocycles. The smallest absolute Gasteiger partial charge is 0.165 e. The molecule has 15 heavy (non-hydrogen) atoms. The van der Waals surface area contributed by atoms with E-state index in [0.717, 1.165) is 24.4 Å². The van der Waals surface area contributed by atoms with Gasteiger partial charge in [-0.2, -0.15) is 11.8 Å². The van der Waals surface area contributed by atoms with Crippen LogP contribution in [0.15, 0.2) is 18.2 Å². The minimum atomic E-state index is -0.277. The summed E-state index contributed by atoms with van der Waals surface area (Å²) in [4.78, 5) is 0. The number of hydrogen-bond donors (Lipinski definition) is 1. The lowest BCUT2D eigenvalue weighted by atomic mass is 10.1. The van der Waals surface area contributed by atoms with Gasteiger partial charge in [0, 0.05) is 24.1 Å². The fraction of sp³-hybridized carbons (Fsp3) is 0.455. The summed E-state index contributed by atoms with van der Waals surface area (Å²) in [5.74, 6) is 1.12. The summed E-state index contributed by atoms with van der Waals surface area (Å²) >= 11 is 1.87. The van der Waals surface area contributed by atoms with Crippen molar-refractivity contribution in [1.82, 2.24) is 5.32 Å². The van der Waals surface area contributed by atoms with Crippen molar-refractivity contribution in [2.45, 2.75) is 5.25 Å². The minimum Gasteiger partial charge on any atom is -0.494 e. The maximum Gasteiger partial charge on any atom is 0.165 e. The molecule has 1 heterocycles. The van der Waals surface area contributed by atoms with E-state index in [9.17, 15) is 4.39 Å². The Hall–Kier alpha value is -0.740. The van der Waals surface area contributed by atoms with Crippen molar-refractivity contribution in [2.24, 2.45) is 0 Å². The van der Waals surface area contributed by atoms with Gasteiger partial charge in [-0.3, -0.25) is 0 Å². The molecule has 1 atom stereocenters. The molecule has 0 aromatic heterocycles. The molecule has 2 rings (SSSR count). The average molecular weight is 227 g/mol. The maximum absolute atomic E-state index is 13.5. The van der Waals surface area contributed by atoms with Gasteiger partial charge in [-0.15, -0.1) is 0 Å². The van der Waals surface area contributed by atoms with Crippen LogP contribution in [-0.4, -0.2) is 26.0 Å². The third kappa shape index (κ3) is 2.44. The van der Waals surface area contributed by atoms with Gasteiger partial charge in [0.05, 0.1) is 7.11 Å². The first kappa shape index (κ1) is 10.8. The quantitative estimate of drug-likeness (QED) is 0.837. The summed E-state index contributed by atoms with van der Waals surface area (Å²) in [5, 5.41) is 3.67. The number of hydrogen-bond acceptors (Lipinski definition) is 3. The van der Waals surface area contributed by atoms with Gasteiger partial charge in [0.15, 0.2) is 11.6 Å². The van der Waals surface area contributed by atoms with Crippen LogP contribution in [0.5, 0.6) is 5.75 Å². The Balaban J connectivity index is 2.17. The van der Waals surface area contributed by atoms with Crippen molar-refractivity contribution in [1.29, 1.82) is 0 Å². The average Bonchev–Trinajstić information content (AvgIpc) is 2.30. The fourth-order valence-corrected chi connectivity index (χ4v) is 2.78. The van der Waals surface area contributed by atoms with E-state index < -0.39 is 0 Å². The fourth-order valence-electron chi connectivity index (χ4n) is 1.66. The Bertz CT molecular complexity index is 339. The Morgan fingerprint density at radius 1 is 1.53 bits per heavy atom. The standard InChI is InChI=1S/C11H14FNOS/c1-14-10-3-2-8(6-9(10)12)11-7-13-4-5-15-11/h2-3,6,11,13H,4-5,7H2,1H3. The molecule has 1 unspecified atom stereocenters. The molecular weight excluding hydrogens is 213 g/mol. The van der Waals surface area contributed by atoms with Crippen LogP contribution in [0.1, 0.15) is 10.8 Å². The van der Waals surface area contributed by atoms with Gasteiger partial charge in [-0.1, -0.05) is 6.07 Å². The largest absolute Gasteiger partial charge is 0.494 e. The van der Waals surface area contributed by atoms with Crippen molar-refractivity contribution in [3.63, 3.8) is 0 Å². The SMILES string of the molecule is COc1ccc(C2CNCCS2)cc1F. The van der Waals surface area contributed by atoms with E-state index in [1.807, 2.05) is 17.8 Å². The second-order valence-corrected chi connectivity index (χ2v) is 4.77. The van der Waals surface area contributed by atoms with Gasteiger partial charge in [0.25, 0.3) is 0 Å². The van der Waals surface area contributed by atoms with Crippen LogP contribution in [0.3, 0.4) is 0 Å². The number of ether oxygens (including phenoxy) is 1. The van der Waals surface area contributed by atoms with E-state index in [1.165, 1.54) is 7.11 Å². The Labute approximate surface area is 93.2 Å². The van der Waals surface area contributed by atoms with Gasteiger partial charge in [0.1, 0.15) is 0 Å². The molecular formula is C11H14FNOS. The molecule has 1 fully saturated rings. The molecule has 1 aromatic carbocycles. The zero-order chi connectivity index (χ0) is 10.7. The summed E-state index contributed by atoms with van der Waals surface area (Å²) in [6.45, 7) is 1.95. The van der Waals surface area contributed by atoms with Gasteiger partial charge < -0.3 is 10.1 Å². The van der Waals surface area contributed by atoms with Crippen molar-refractivity contribution in [2.75, 3.05) is 26.0 Å². The van der Waals surface area contributed by atoms with E-state index in [1.54, 1.807) is 12.1 Å². The lowest BCUT2D eigenvalue weighted by molar-refractivity contribution is 0.386. The van der Waals surface area contributed by atoms with Gasteiger partial charge in [-0.05, 0) is 17.7 Å². The topological polar surface area (TPSA) is 21.3 Å². The summed E-state index contributed by atoms with van der Waals surface area (Å²) in [7, 11) is 1.48. The van der Waals surface area contributed by atoms with E-state index >= 15 is 0 Å². The molecule has 1 N–H and O–H groups in total. The summed E-state index contributed by atoms with van der Waals surface area (Å²) in [6, 6.07) is 5.20. The summed E-state index contributed by atoms with van der Waals surface area (Å²) in [6.07, 6.45) is 0. The number of rotatable bonds is 2. The molecule has 0 aliphatic carbocycles. The molecule has 1 saturated heterocycles.